The summed E-state index contributed by atoms with van der Waals surface area (Å²) < 4.78 is 5.61. The monoisotopic (exact) mass is 467 g/mol. The summed E-state index contributed by atoms with van der Waals surface area (Å²) in [5.41, 5.74) is 6.29. The molecular formula is C30H33N3O2. The molecule has 5 rings (SSSR count). The van der Waals surface area contributed by atoms with Crippen molar-refractivity contribution < 1.29 is 9.53 Å². The Labute approximate surface area is 208 Å². The molecule has 1 unspecified atom stereocenters. The Morgan fingerprint density at radius 2 is 1.57 bits per heavy atom. The van der Waals surface area contributed by atoms with E-state index in [0.29, 0.717) is 19.1 Å². The van der Waals surface area contributed by atoms with E-state index in [2.05, 4.69) is 71.6 Å². The molecule has 0 saturated carbocycles. The van der Waals surface area contributed by atoms with E-state index >= 15 is 0 Å². The molecule has 35 heavy (non-hydrogen) atoms. The Morgan fingerprint density at radius 1 is 0.914 bits per heavy atom. The van der Waals surface area contributed by atoms with Crippen LogP contribution in [0.25, 0.3) is 0 Å². The van der Waals surface area contributed by atoms with Crippen LogP contribution >= 0.6 is 0 Å². The molecule has 2 aliphatic heterocycles. The lowest BCUT2D eigenvalue weighted by atomic mass is 9.93. The van der Waals surface area contributed by atoms with E-state index in [1.54, 1.807) is 0 Å². The molecule has 0 spiro atoms. The first kappa shape index (κ1) is 23.2. The zero-order valence-electron chi connectivity index (χ0n) is 20.8. The molecule has 1 saturated heterocycles. The molecular weight excluding hydrogens is 434 g/mol. The molecule has 0 bridgehead atoms. The zero-order valence-corrected chi connectivity index (χ0v) is 20.8. The van der Waals surface area contributed by atoms with Gasteiger partial charge in [0, 0.05) is 42.5 Å². The molecule has 0 aliphatic carbocycles. The van der Waals surface area contributed by atoms with Crippen LogP contribution in [-0.4, -0.2) is 48.0 Å². The van der Waals surface area contributed by atoms with Crippen molar-refractivity contribution in [2.24, 2.45) is 4.99 Å². The van der Waals surface area contributed by atoms with E-state index in [1.807, 2.05) is 37.8 Å². The van der Waals surface area contributed by atoms with Crippen LogP contribution in [-0.2, 0) is 11.2 Å². The van der Waals surface area contributed by atoms with E-state index in [1.165, 1.54) is 11.3 Å². The molecule has 1 fully saturated rings. The molecule has 3 aromatic carbocycles. The van der Waals surface area contributed by atoms with Crippen LogP contribution in [0.2, 0.25) is 0 Å². The normalized spacial score (nSPS) is 17.3. The first-order valence-corrected chi connectivity index (χ1v) is 12.4. The van der Waals surface area contributed by atoms with Gasteiger partial charge in [-0.25, -0.2) is 9.79 Å². The number of nitrogens with zero attached hydrogens (tertiary/aromatic N) is 3. The van der Waals surface area contributed by atoms with Gasteiger partial charge in [0.05, 0.1) is 11.4 Å². The maximum absolute atomic E-state index is 12.6. The Kier molecular flexibility index (Phi) is 6.33. The van der Waals surface area contributed by atoms with Gasteiger partial charge in [0.1, 0.15) is 5.60 Å². The summed E-state index contributed by atoms with van der Waals surface area (Å²) in [6.45, 7) is 7.95. The second kappa shape index (κ2) is 9.57. The highest BCUT2D eigenvalue weighted by Gasteiger charge is 2.35. The fourth-order valence-electron chi connectivity index (χ4n) is 4.97. The number of aliphatic imine (C=N–C) groups is 1. The van der Waals surface area contributed by atoms with Crippen LogP contribution in [0.3, 0.4) is 0 Å². The summed E-state index contributed by atoms with van der Waals surface area (Å²) in [6, 6.07) is 27.6. The fourth-order valence-corrected chi connectivity index (χ4v) is 4.97. The third-order valence-electron chi connectivity index (χ3n) is 6.59. The maximum atomic E-state index is 12.6. The Bertz CT molecular complexity index is 1170. The highest BCUT2D eigenvalue weighted by atomic mass is 16.6. The molecule has 3 aromatic rings. The van der Waals surface area contributed by atoms with Gasteiger partial charge in [0.25, 0.3) is 0 Å². The summed E-state index contributed by atoms with van der Waals surface area (Å²) >= 11 is 0. The lowest BCUT2D eigenvalue weighted by Gasteiger charge is -2.46. The molecule has 2 aliphatic rings. The SMILES string of the molecule is CC(C)(C)OC(=O)N1CCN2c3ccc(N=C(c4ccccc4)c4ccccc4)cc3CCC2C1. The standard InChI is InChI=1S/C30H33N3O2/c1-30(2,3)35-29(34)32-18-19-33-26(21-32)16-14-24-20-25(15-17-27(24)33)31-28(22-10-6-4-7-11-22)23-12-8-5-9-13-23/h4-13,15,17,20,26H,14,16,18-19,21H2,1-3H3. The first-order chi connectivity index (χ1) is 16.9. The van der Waals surface area contributed by atoms with Crippen LogP contribution in [0.1, 0.15) is 43.9 Å². The average Bonchev–Trinajstić information content (AvgIpc) is 2.86. The van der Waals surface area contributed by atoms with Crippen molar-refractivity contribution in [3.63, 3.8) is 0 Å². The van der Waals surface area contributed by atoms with Crippen LogP contribution < -0.4 is 4.90 Å². The summed E-state index contributed by atoms with van der Waals surface area (Å²) in [5.74, 6) is 0. The minimum Gasteiger partial charge on any atom is -0.444 e. The molecule has 1 atom stereocenters. The van der Waals surface area contributed by atoms with E-state index in [-0.39, 0.29) is 6.09 Å². The Hall–Kier alpha value is -3.60. The highest BCUT2D eigenvalue weighted by Crippen LogP contribution is 2.35. The molecule has 5 heteroatoms. The topological polar surface area (TPSA) is 45.1 Å². The Morgan fingerprint density at radius 3 is 2.20 bits per heavy atom. The smallest absolute Gasteiger partial charge is 0.410 e. The predicted octanol–water partition coefficient (Wildman–Crippen LogP) is 6.23. The second-order valence-electron chi connectivity index (χ2n) is 10.3. The van der Waals surface area contributed by atoms with Crippen molar-refractivity contribution in [3.05, 3.63) is 95.6 Å². The first-order valence-electron chi connectivity index (χ1n) is 12.4. The lowest BCUT2D eigenvalue weighted by molar-refractivity contribution is 0.0210. The van der Waals surface area contributed by atoms with Gasteiger partial charge in [-0.05, 0) is 57.4 Å². The van der Waals surface area contributed by atoms with E-state index < -0.39 is 5.60 Å². The van der Waals surface area contributed by atoms with Crippen LogP contribution in [0.5, 0.6) is 0 Å². The van der Waals surface area contributed by atoms with Crippen molar-refractivity contribution in [2.75, 3.05) is 24.5 Å². The van der Waals surface area contributed by atoms with Crippen LogP contribution in [0.4, 0.5) is 16.2 Å². The van der Waals surface area contributed by atoms with Crippen molar-refractivity contribution in [3.8, 4) is 0 Å². The summed E-state index contributed by atoms with van der Waals surface area (Å²) in [4.78, 5) is 22.0. The average molecular weight is 468 g/mol. The van der Waals surface area contributed by atoms with Crippen LogP contribution in [0.15, 0.2) is 83.9 Å². The van der Waals surface area contributed by atoms with Gasteiger partial charge < -0.3 is 14.5 Å². The molecule has 0 radical (unpaired) electrons. The van der Waals surface area contributed by atoms with E-state index in [9.17, 15) is 4.79 Å². The van der Waals surface area contributed by atoms with Gasteiger partial charge >= 0.3 is 6.09 Å². The van der Waals surface area contributed by atoms with Gasteiger partial charge in [-0.2, -0.15) is 0 Å². The second-order valence-corrected chi connectivity index (χ2v) is 10.3. The number of hydrogen-bond acceptors (Lipinski definition) is 4. The number of carbonyl (C=O) groups is 1. The van der Waals surface area contributed by atoms with E-state index in [0.717, 1.165) is 41.9 Å². The number of anilines is 1. The number of ether oxygens (including phenoxy) is 1. The van der Waals surface area contributed by atoms with E-state index in [4.69, 9.17) is 9.73 Å². The van der Waals surface area contributed by atoms with Gasteiger partial charge in [-0.1, -0.05) is 60.7 Å². The molecule has 5 nitrogen and oxygen atoms in total. The number of hydrogen-bond donors (Lipinski definition) is 0. The predicted molar refractivity (Wildman–Crippen MR) is 142 cm³/mol. The largest absolute Gasteiger partial charge is 0.444 e. The van der Waals surface area contributed by atoms with Crippen molar-refractivity contribution >= 4 is 23.2 Å². The van der Waals surface area contributed by atoms with Gasteiger partial charge in [-0.3, -0.25) is 0 Å². The molecule has 0 aromatic heterocycles. The minimum atomic E-state index is -0.470. The highest BCUT2D eigenvalue weighted by molar-refractivity contribution is 6.13. The third kappa shape index (κ3) is 5.24. The third-order valence-corrected chi connectivity index (χ3v) is 6.59. The summed E-state index contributed by atoms with van der Waals surface area (Å²) in [7, 11) is 0. The zero-order chi connectivity index (χ0) is 24.4. The Balaban J connectivity index is 1.39. The fraction of sp³-hybridized carbons (Fsp3) is 0.333. The quantitative estimate of drug-likeness (QED) is 0.429. The van der Waals surface area contributed by atoms with Gasteiger partial charge in [0.15, 0.2) is 0 Å². The number of rotatable bonds is 3. The number of fused-ring (bicyclic) bond motifs is 3. The minimum absolute atomic E-state index is 0.206. The molecule has 2 heterocycles. The van der Waals surface area contributed by atoms with Crippen LogP contribution in [0, 0.1) is 0 Å². The number of amides is 1. The number of aryl methyl sites for hydroxylation is 1. The van der Waals surface area contributed by atoms with Crippen molar-refractivity contribution in [1.29, 1.82) is 0 Å². The van der Waals surface area contributed by atoms with Crippen molar-refractivity contribution in [2.45, 2.75) is 45.3 Å². The van der Waals surface area contributed by atoms with Gasteiger partial charge in [0.2, 0.25) is 0 Å². The van der Waals surface area contributed by atoms with Gasteiger partial charge in [-0.15, -0.1) is 0 Å². The number of piperazine rings is 1. The molecule has 0 N–H and O–H groups in total. The summed E-state index contributed by atoms with van der Waals surface area (Å²) in [6.07, 6.45) is 1.79. The lowest BCUT2D eigenvalue weighted by Crippen LogP contribution is -2.57. The maximum Gasteiger partial charge on any atom is 0.410 e. The number of benzene rings is 3. The molecule has 180 valence electrons. The number of carbonyl (C=O) groups excluding carboxylic acids is 1. The summed E-state index contributed by atoms with van der Waals surface area (Å²) in [5, 5.41) is 0. The van der Waals surface area contributed by atoms with Crippen molar-refractivity contribution in [1.82, 2.24) is 4.90 Å². The molecule has 1 amide bonds.